The zero-order valence-corrected chi connectivity index (χ0v) is 29.0. The number of ketones is 3. The van der Waals surface area contributed by atoms with Gasteiger partial charge in [0.15, 0.2) is 11.6 Å². The molecule has 0 saturated carbocycles. The average Bonchev–Trinajstić information content (AvgIpc) is 3.65. The van der Waals surface area contributed by atoms with Crippen LogP contribution in [0.25, 0.3) is 21.1 Å². The van der Waals surface area contributed by atoms with Gasteiger partial charge in [-0.1, -0.05) is 0 Å². The number of aromatic nitrogens is 4. The lowest BCUT2D eigenvalue weighted by atomic mass is 10.1. The van der Waals surface area contributed by atoms with Crippen LogP contribution in [0.15, 0.2) is 36.9 Å². The highest BCUT2D eigenvalue weighted by atomic mass is 32.1. The topological polar surface area (TPSA) is 182 Å². The van der Waals surface area contributed by atoms with Crippen molar-refractivity contribution in [3.8, 4) is 21.1 Å². The van der Waals surface area contributed by atoms with Gasteiger partial charge in [-0.3, -0.25) is 24.4 Å². The van der Waals surface area contributed by atoms with Gasteiger partial charge in [0.2, 0.25) is 5.78 Å². The van der Waals surface area contributed by atoms with Gasteiger partial charge in [0.1, 0.15) is 21.6 Å². The standard InChI is InChI=1S/C15H13FN2O4S.C11H9FN2OS.C6H10O4/c1-3-22-15(21)12(20)5-11(19)13-8(2)18-14(23-13)9-4-10(16)7-17-6-9;1-6-10(7(2)15)16-11(14-6)8-3-9(12)5-13-4-8;1-3-9-5(7)6(8)10-4-2/h4,6-7H,3,5H2,1-2H3;3-5H,1-2H3;3-4H2,1-2H3. The van der Waals surface area contributed by atoms with E-state index in [0.717, 1.165) is 23.7 Å². The predicted molar refractivity (Wildman–Crippen MR) is 174 cm³/mol. The molecule has 4 aromatic rings. The molecule has 0 unspecified atom stereocenters. The summed E-state index contributed by atoms with van der Waals surface area (Å²) < 4.78 is 39.4. The SMILES string of the molecule is CC(=O)c1sc(-c2cncc(F)c2)nc1C.CCOC(=O)C(=O)CC(=O)c1sc(-c2cncc(F)c2)nc1C.CCOC(=O)C(=O)OCC. The van der Waals surface area contributed by atoms with Gasteiger partial charge in [0.05, 0.1) is 59.8 Å². The Morgan fingerprint density at radius 2 is 1.06 bits per heavy atom. The van der Waals surface area contributed by atoms with Crippen molar-refractivity contribution in [2.45, 2.75) is 48.0 Å². The molecule has 0 fully saturated rings. The van der Waals surface area contributed by atoms with E-state index in [-0.39, 0.29) is 30.5 Å². The van der Waals surface area contributed by atoms with Gasteiger partial charge in [-0.15, -0.1) is 22.7 Å². The van der Waals surface area contributed by atoms with Crippen molar-refractivity contribution in [3.05, 3.63) is 69.7 Å². The molecule has 0 aliphatic rings. The Bertz CT molecular complexity index is 1810. The van der Waals surface area contributed by atoms with E-state index in [1.54, 1.807) is 34.6 Å². The molecule has 0 bridgehead atoms. The Morgan fingerprint density at radius 3 is 1.45 bits per heavy atom. The number of hydrogen-bond donors (Lipinski definition) is 0. The molecule has 0 aromatic carbocycles. The van der Waals surface area contributed by atoms with Crippen LogP contribution >= 0.6 is 22.7 Å². The molecule has 260 valence electrons. The maximum absolute atomic E-state index is 13.2. The molecule has 49 heavy (non-hydrogen) atoms. The molecule has 0 spiro atoms. The van der Waals surface area contributed by atoms with E-state index in [2.05, 4.69) is 34.1 Å². The molecule has 4 heterocycles. The van der Waals surface area contributed by atoms with Crippen molar-refractivity contribution in [2.24, 2.45) is 0 Å². The first-order valence-corrected chi connectivity index (χ1v) is 16.1. The van der Waals surface area contributed by atoms with Crippen molar-refractivity contribution in [2.75, 3.05) is 19.8 Å². The molecule has 4 rings (SSSR count). The molecular weight excluding hydrogens is 687 g/mol. The van der Waals surface area contributed by atoms with E-state index in [1.807, 2.05) is 0 Å². The van der Waals surface area contributed by atoms with Crippen molar-refractivity contribution < 1.29 is 51.8 Å². The summed E-state index contributed by atoms with van der Waals surface area (Å²) in [6.07, 6.45) is 4.58. The van der Waals surface area contributed by atoms with Gasteiger partial charge in [-0.05, 0) is 46.8 Å². The minimum atomic E-state index is -1.03. The maximum Gasteiger partial charge on any atom is 0.417 e. The summed E-state index contributed by atoms with van der Waals surface area (Å²) in [6, 6.07) is 2.61. The van der Waals surface area contributed by atoms with Crippen LogP contribution in [-0.2, 0) is 33.4 Å². The zero-order chi connectivity index (χ0) is 36.7. The van der Waals surface area contributed by atoms with Crippen molar-refractivity contribution in [1.82, 2.24) is 19.9 Å². The Labute approximate surface area is 287 Å². The lowest BCUT2D eigenvalue weighted by molar-refractivity contribution is -0.167. The number of ether oxygens (including phenoxy) is 3. The predicted octanol–water partition coefficient (Wildman–Crippen LogP) is 5.33. The summed E-state index contributed by atoms with van der Waals surface area (Å²) in [6.45, 7) is 10.1. The van der Waals surface area contributed by atoms with Crippen LogP contribution in [0, 0.1) is 25.5 Å². The normalized spacial score (nSPS) is 10.0. The fourth-order valence-corrected chi connectivity index (χ4v) is 5.50. The van der Waals surface area contributed by atoms with Crippen LogP contribution in [0.2, 0.25) is 0 Å². The van der Waals surface area contributed by atoms with E-state index < -0.39 is 47.5 Å². The number of esters is 3. The van der Waals surface area contributed by atoms with E-state index >= 15 is 0 Å². The molecule has 0 atom stereocenters. The quantitative estimate of drug-likeness (QED) is 0.0676. The Hall–Kier alpha value is -5.16. The van der Waals surface area contributed by atoms with E-state index in [1.165, 1.54) is 42.8 Å². The summed E-state index contributed by atoms with van der Waals surface area (Å²) in [5.41, 5.74) is 2.13. The number of nitrogens with zero attached hydrogens (tertiary/aromatic N) is 4. The number of rotatable bonds is 10. The largest absolute Gasteiger partial charge is 0.460 e. The van der Waals surface area contributed by atoms with Crippen LogP contribution < -0.4 is 0 Å². The van der Waals surface area contributed by atoms with Gasteiger partial charge < -0.3 is 14.2 Å². The van der Waals surface area contributed by atoms with Gasteiger partial charge in [-0.2, -0.15) is 0 Å². The monoisotopic (exact) mass is 718 g/mol. The number of Topliss-reactive ketones (excluding diaryl/α,β-unsaturated/α-hetero) is 3. The van der Waals surface area contributed by atoms with Crippen molar-refractivity contribution in [1.29, 1.82) is 0 Å². The molecule has 0 aliphatic heterocycles. The van der Waals surface area contributed by atoms with E-state index in [4.69, 9.17) is 0 Å². The highest BCUT2D eigenvalue weighted by Gasteiger charge is 2.24. The van der Waals surface area contributed by atoms with Crippen LogP contribution in [0.5, 0.6) is 0 Å². The molecule has 0 aliphatic carbocycles. The minimum absolute atomic E-state index is 0.0226. The first-order valence-electron chi connectivity index (χ1n) is 14.5. The molecule has 13 nitrogen and oxygen atoms in total. The second kappa shape index (κ2) is 19.6. The molecule has 0 saturated heterocycles. The van der Waals surface area contributed by atoms with Crippen molar-refractivity contribution >= 4 is 57.9 Å². The molecule has 0 amide bonds. The third-order valence-electron chi connectivity index (χ3n) is 5.61. The summed E-state index contributed by atoms with van der Waals surface area (Å²) in [5.74, 6) is -5.25. The minimum Gasteiger partial charge on any atom is -0.460 e. The fourth-order valence-electron chi connectivity index (χ4n) is 3.57. The van der Waals surface area contributed by atoms with Gasteiger partial charge in [0, 0.05) is 30.4 Å². The number of carbonyl (C=O) groups is 6. The first kappa shape index (κ1) is 40.0. The molecule has 17 heteroatoms. The second-order valence-corrected chi connectivity index (χ2v) is 11.4. The number of pyridine rings is 2. The maximum atomic E-state index is 13.2. The van der Waals surface area contributed by atoms with Crippen LogP contribution in [-0.4, -0.2) is 75.0 Å². The summed E-state index contributed by atoms with van der Waals surface area (Å²) in [7, 11) is 0. The lowest BCUT2D eigenvalue weighted by Gasteiger charge is -1.99. The summed E-state index contributed by atoms with van der Waals surface area (Å²) in [4.78, 5) is 83.9. The second-order valence-electron chi connectivity index (χ2n) is 9.39. The first-order chi connectivity index (χ1) is 23.2. The highest BCUT2D eigenvalue weighted by Crippen LogP contribution is 2.29. The van der Waals surface area contributed by atoms with Gasteiger partial charge in [-0.25, -0.2) is 33.1 Å². The Balaban J connectivity index is 0.000000278. The summed E-state index contributed by atoms with van der Waals surface area (Å²) in [5, 5.41) is 1.04. The van der Waals surface area contributed by atoms with Gasteiger partial charge >= 0.3 is 17.9 Å². The molecule has 0 N–H and O–H groups in total. The number of aryl methyl sites for hydroxylation is 2. The fraction of sp³-hybridized carbons (Fsp3) is 0.312. The molecule has 0 radical (unpaired) electrons. The van der Waals surface area contributed by atoms with Crippen molar-refractivity contribution in [3.63, 3.8) is 0 Å². The number of halogens is 2. The van der Waals surface area contributed by atoms with Gasteiger partial charge in [0.25, 0.3) is 0 Å². The average molecular weight is 719 g/mol. The Kier molecular flexibility index (Phi) is 16.0. The smallest absolute Gasteiger partial charge is 0.417 e. The van der Waals surface area contributed by atoms with Crippen LogP contribution in [0.3, 0.4) is 0 Å². The third-order valence-corrected chi connectivity index (χ3v) is 8.17. The van der Waals surface area contributed by atoms with E-state index in [9.17, 15) is 37.5 Å². The lowest BCUT2D eigenvalue weighted by Crippen LogP contribution is -2.20. The number of hydrogen-bond acceptors (Lipinski definition) is 15. The Morgan fingerprint density at radius 1 is 0.653 bits per heavy atom. The number of thiazole rings is 2. The third kappa shape index (κ3) is 12.4. The van der Waals surface area contributed by atoms with Crippen LogP contribution in [0.4, 0.5) is 8.78 Å². The number of carbonyl (C=O) groups excluding carboxylic acids is 6. The molecular formula is C32H32F2N4O9S2. The molecule has 4 aromatic heterocycles. The zero-order valence-electron chi connectivity index (χ0n) is 27.3. The summed E-state index contributed by atoms with van der Waals surface area (Å²) >= 11 is 2.29. The van der Waals surface area contributed by atoms with Crippen LogP contribution in [0.1, 0.15) is 64.8 Å². The van der Waals surface area contributed by atoms with E-state index in [0.29, 0.717) is 37.4 Å². The highest BCUT2D eigenvalue weighted by molar-refractivity contribution is 7.17.